The first kappa shape index (κ1) is 10.6. The Balaban J connectivity index is 2.11. The molecule has 3 nitrogen and oxygen atoms in total. The van der Waals surface area contributed by atoms with Gasteiger partial charge in [-0.3, -0.25) is 0 Å². The molecule has 1 fully saturated rings. The van der Waals surface area contributed by atoms with E-state index < -0.39 is 0 Å². The lowest BCUT2D eigenvalue weighted by Gasteiger charge is -2.32. The van der Waals surface area contributed by atoms with E-state index in [4.69, 9.17) is 0 Å². The lowest BCUT2D eigenvalue weighted by molar-refractivity contribution is 0.331. The maximum atomic E-state index is 4.12. The predicted molar refractivity (Wildman–Crippen MR) is 60.7 cm³/mol. The van der Waals surface area contributed by atoms with Gasteiger partial charge in [-0.25, -0.2) is 9.97 Å². The summed E-state index contributed by atoms with van der Waals surface area (Å²) < 4.78 is 0. The molecule has 1 aromatic heterocycles. The number of hydrogen-bond acceptors (Lipinski definition) is 3. The molecule has 0 radical (unpaired) electrons. The lowest BCUT2D eigenvalue weighted by atomic mass is 9.81. The first-order valence-corrected chi connectivity index (χ1v) is 5.90. The molecule has 2 rings (SSSR count). The van der Waals surface area contributed by atoms with Crippen LogP contribution in [0.5, 0.6) is 0 Å². The summed E-state index contributed by atoms with van der Waals surface area (Å²) in [4.78, 5) is 8.23. The fraction of sp³-hybridized carbons (Fsp3) is 0.667. The van der Waals surface area contributed by atoms with Crippen LogP contribution in [0.15, 0.2) is 18.7 Å². The second kappa shape index (κ2) is 5.21. The Morgan fingerprint density at radius 1 is 1.27 bits per heavy atom. The van der Waals surface area contributed by atoms with Gasteiger partial charge in [-0.05, 0) is 24.9 Å². The maximum absolute atomic E-state index is 4.12. The number of aromatic nitrogens is 2. The van der Waals surface area contributed by atoms with Crippen LogP contribution in [0.2, 0.25) is 0 Å². The third kappa shape index (κ3) is 2.53. The molecule has 1 saturated carbocycles. The largest absolute Gasteiger partial charge is 0.314 e. The van der Waals surface area contributed by atoms with E-state index in [2.05, 4.69) is 22.2 Å². The van der Waals surface area contributed by atoms with Crippen molar-refractivity contribution in [2.45, 2.75) is 44.6 Å². The molecule has 15 heavy (non-hydrogen) atoms. The van der Waals surface area contributed by atoms with E-state index in [1.165, 1.54) is 31.2 Å². The Morgan fingerprint density at radius 3 is 2.73 bits per heavy atom. The standard InChI is InChI=1S/C12H19N3/c1-2-15-12-6-4-3-5-11(12)10-7-13-9-14-8-10/h7-9,11-12,15H,2-6H2,1H3. The highest BCUT2D eigenvalue weighted by molar-refractivity contribution is 5.14. The number of nitrogens with zero attached hydrogens (tertiary/aromatic N) is 2. The minimum Gasteiger partial charge on any atom is -0.314 e. The Morgan fingerprint density at radius 2 is 2.00 bits per heavy atom. The third-order valence-corrected chi connectivity index (χ3v) is 3.24. The van der Waals surface area contributed by atoms with Crippen LogP contribution >= 0.6 is 0 Å². The second-order valence-corrected chi connectivity index (χ2v) is 4.23. The van der Waals surface area contributed by atoms with Gasteiger partial charge in [0.1, 0.15) is 6.33 Å². The molecule has 3 heteroatoms. The van der Waals surface area contributed by atoms with Crippen molar-refractivity contribution in [2.75, 3.05) is 6.54 Å². The molecule has 1 N–H and O–H groups in total. The monoisotopic (exact) mass is 205 g/mol. The van der Waals surface area contributed by atoms with Crippen LogP contribution in [-0.4, -0.2) is 22.6 Å². The van der Waals surface area contributed by atoms with Gasteiger partial charge in [-0.1, -0.05) is 19.8 Å². The molecular weight excluding hydrogens is 186 g/mol. The summed E-state index contributed by atoms with van der Waals surface area (Å²) in [5.41, 5.74) is 1.29. The first-order valence-electron chi connectivity index (χ1n) is 5.90. The maximum Gasteiger partial charge on any atom is 0.115 e. The second-order valence-electron chi connectivity index (χ2n) is 4.23. The fourth-order valence-electron chi connectivity index (χ4n) is 2.54. The highest BCUT2D eigenvalue weighted by atomic mass is 14.9. The lowest BCUT2D eigenvalue weighted by Crippen LogP contribution is -2.37. The van der Waals surface area contributed by atoms with Gasteiger partial charge >= 0.3 is 0 Å². The van der Waals surface area contributed by atoms with E-state index in [9.17, 15) is 0 Å². The number of nitrogens with one attached hydrogen (secondary N) is 1. The summed E-state index contributed by atoms with van der Waals surface area (Å²) in [7, 11) is 0. The van der Waals surface area contributed by atoms with Crippen LogP contribution in [0.25, 0.3) is 0 Å². The summed E-state index contributed by atoms with van der Waals surface area (Å²) in [6, 6.07) is 0.620. The summed E-state index contributed by atoms with van der Waals surface area (Å²) in [5, 5.41) is 3.58. The van der Waals surface area contributed by atoms with Crippen LogP contribution in [-0.2, 0) is 0 Å². The highest BCUT2D eigenvalue weighted by Crippen LogP contribution is 2.32. The first-order chi connectivity index (χ1) is 7.42. The van der Waals surface area contributed by atoms with E-state index in [1.54, 1.807) is 6.33 Å². The van der Waals surface area contributed by atoms with Gasteiger partial charge in [0.15, 0.2) is 0 Å². The van der Waals surface area contributed by atoms with Crippen LogP contribution in [0.3, 0.4) is 0 Å². The number of hydrogen-bond donors (Lipinski definition) is 1. The fourth-order valence-corrected chi connectivity index (χ4v) is 2.54. The van der Waals surface area contributed by atoms with Gasteiger partial charge in [-0.2, -0.15) is 0 Å². The molecular formula is C12H19N3. The zero-order valence-electron chi connectivity index (χ0n) is 9.32. The Labute approximate surface area is 91.3 Å². The van der Waals surface area contributed by atoms with Crippen molar-refractivity contribution in [3.05, 3.63) is 24.3 Å². The quantitative estimate of drug-likeness (QED) is 0.821. The summed E-state index contributed by atoms with van der Waals surface area (Å²) in [5.74, 6) is 0.611. The van der Waals surface area contributed by atoms with Crippen molar-refractivity contribution in [1.82, 2.24) is 15.3 Å². The van der Waals surface area contributed by atoms with Gasteiger partial charge < -0.3 is 5.32 Å². The van der Waals surface area contributed by atoms with Crippen LogP contribution in [0.1, 0.15) is 44.1 Å². The van der Waals surface area contributed by atoms with Crippen LogP contribution in [0, 0.1) is 0 Å². The van der Waals surface area contributed by atoms with Crippen molar-refractivity contribution in [1.29, 1.82) is 0 Å². The van der Waals surface area contributed by atoms with Crippen molar-refractivity contribution >= 4 is 0 Å². The van der Waals surface area contributed by atoms with Crippen LogP contribution in [0.4, 0.5) is 0 Å². The Kier molecular flexibility index (Phi) is 3.67. The van der Waals surface area contributed by atoms with Crippen molar-refractivity contribution < 1.29 is 0 Å². The summed E-state index contributed by atoms with van der Waals surface area (Å²) in [6.45, 7) is 3.22. The molecule has 1 aromatic rings. The molecule has 2 unspecified atom stereocenters. The van der Waals surface area contributed by atoms with Crippen LogP contribution < -0.4 is 5.32 Å². The zero-order valence-corrected chi connectivity index (χ0v) is 9.32. The Hall–Kier alpha value is -0.960. The van der Waals surface area contributed by atoms with Gasteiger partial charge in [0, 0.05) is 24.4 Å². The van der Waals surface area contributed by atoms with E-state index in [-0.39, 0.29) is 0 Å². The molecule has 0 bridgehead atoms. The molecule has 0 aromatic carbocycles. The topological polar surface area (TPSA) is 37.8 Å². The summed E-state index contributed by atoms with van der Waals surface area (Å²) in [6.07, 6.45) is 10.8. The van der Waals surface area contributed by atoms with Crippen molar-refractivity contribution in [2.24, 2.45) is 0 Å². The zero-order chi connectivity index (χ0) is 10.5. The van der Waals surface area contributed by atoms with E-state index >= 15 is 0 Å². The molecule has 0 amide bonds. The minimum atomic E-state index is 0.611. The number of likely N-dealkylation sites (N-methyl/N-ethyl adjacent to an activating group) is 1. The summed E-state index contributed by atoms with van der Waals surface area (Å²) >= 11 is 0. The highest BCUT2D eigenvalue weighted by Gasteiger charge is 2.25. The molecule has 1 aliphatic carbocycles. The van der Waals surface area contributed by atoms with E-state index in [0.717, 1.165) is 6.54 Å². The Bertz CT molecular complexity index is 284. The van der Waals surface area contributed by atoms with Gasteiger partial charge in [0.05, 0.1) is 0 Å². The normalized spacial score (nSPS) is 26.5. The average molecular weight is 205 g/mol. The number of rotatable bonds is 3. The van der Waals surface area contributed by atoms with Crippen molar-refractivity contribution in [3.8, 4) is 0 Å². The molecule has 82 valence electrons. The molecule has 0 saturated heterocycles. The molecule has 1 heterocycles. The molecule has 2 atom stereocenters. The minimum absolute atomic E-state index is 0.611. The molecule has 0 aliphatic heterocycles. The van der Waals surface area contributed by atoms with Gasteiger partial charge in [0.25, 0.3) is 0 Å². The average Bonchev–Trinajstić information content (AvgIpc) is 2.31. The predicted octanol–water partition coefficient (Wildman–Crippen LogP) is 2.11. The van der Waals surface area contributed by atoms with E-state index in [1.807, 2.05) is 12.4 Å². The molecule has 1 aliphatic rings. The molecule has 0 spiro atoms. The van der Waals surface area contributed by atoms with Crippen molar-refractivity contribution in [3.63, 3.8) is 0 Å². The van der Waals surface area contributed by atoms with Gasteiger partial charge in [-0.15, -0.1) is 0 Å². The SMILES string of the molecule is CCNC1CCCCC1c1cncnc1. The van der Waals surface area contributed by atoms with Gasteiger partial charge in [0.2, 0.25) is 0 Å². The third-order valence-electron chi connectivity index (χ3n) is 3.24. The smallest absolute Gasteiger partial charge is 0.115 e. The van der Waals surface area contributed by atoms with E-state index in [0.29, 0.717) is 12.0 Å².